The Morgan fingerprint density at radius 2 is 1.68 bits per heavy atom. The molecule has 9 heteroatoms. The zero-order chi connectivity index (χ0) is 16.6. The summed E-state index contributed by atoms with van der Waals surface area (Å²) in [4.78, 5) is 0.0991. The van der Waals surface area contributed by atoms with Crippen LogP contribution in [0.5, 0.6) is 11.5 Å². The molecule has 0 aliphatic carbocycles. The number of nitrogens with one attached hydrogen (secondary N) is 2. The fourth-order valence-electron chi connectivity index (χ4n) is 1.69. The first-order chi connectivity index (χ1) is 10.5. The van der Waals surface area contributed by atoms with E-state index in [4.69, 9.17) is 14.2 Å². The molecular formula is C13H21BrN2O5S. The molecule has 0 saturated heterocycles. The Kier molecular flexibility index (Phi) is 8.12. The van der Waals surface area contributed by atoms with Gasteiger partial charge in [0.2, 0.25) is 10.0 Å². The van der Waals surface area contributed by atoms with Crippen LogP contribution >= 0.6 is 15.9 Å². The average Bonchev–Trinajstić information content (AvgIpc) is 2.50. The molecule has 0 spiro atoms. The van der Waals surface area contributed by atoms with Crippen molar-refractivity contribution >= 4 is 26.0 Å². The fraction of sp³-hybridized carbons (Fsp3) is 0.538. The molecule has 0 aliphatic rings. The Hall–Kier alpha value is -0.870. The molecule has 1 aromatic carbocycles. The van der Waals surface area contributed by atoms with E-state index >= 15 is 0 Å². The Balaban J connectivity index is 2.76. The van der Waals surface area contributed by atoms with E-state index in [1.54, 1.807) is 13.2 Å². The highest BCUT2D eigenvalue weighted by Gasteiger charge is 2.20. The Bertz CT molecular complexity index is 580. The summed E-state index contributed by atoms with van der Waals surface area (Å²) in [6.45, 7) is 2.02. The number of hydrogen-bond donors (Lipinski definition) is 2. The lowest BCUT2D eigenvalue weighted by molar-refractivity contribution is 0.199. The first-order valence-electron chi connectivity index (χ1n) is 6.57. The predicted octanol–water partition coefficient (Wildman–Crippen LogP) is 0.981. The molecule has 1 aromatic rings. The van der Waals surface area contributed by atoms with Gasteiger partial charge in [-0.25, -0.2) is 13.1 Å². The second-order valence-electron chi connectivity index (χ2n) is 4.28. The number of ether oxygens (including phenoxy) is 3. The van der Waals surface area contributed by atoms with Crippen LogP contribution < -0.4 is 19.5 Å². The minimum Gasteiger partial charge on any atom is -0.493 e. The quantitative estimate of drug-likeness (QED) is 0.573. The van der Waals surface area contributed by atoms with Gasteiger partial charge in [-0.05, 0) is 22.0 Å². The molecule has 0 amide bonds. The van der Waals surface area contributed by atoms with E-state index in [-0.39, 0.29) is 11.4 Å². The SMILES string of the molecule is COCCNCCNS(=O)(=O)c1cc(OC)c(OC)cc1Br. The molecule has 1 rings (SSSR count). The first kappa shape index (κ1) is 19.2. The van der Waals surface area contributed by atoms with Crippen molar-refractivity contribution in [3.05, 3.63) is 16.6 Å². The smallest absolute Gasteiger partial charge is 0.241 e. The van der Waals surface area contributed by atoms with E-state index in [1.165, 1.54) is 20.3 Å². The maximum absolute atomic E-state index is 12.3. The minimum atomic E-state index is -3.64. The van der Waals surface area contributed by atoms with Gasteiger partial charge in [-0.3, -0.25) is 0 Å². The molecule has 0 fully saturated rings. The summed E-state index contributed by atoms with van der Waals surface area (Å²) in [6, 6.07) is 2.98. The standard InChI is InChI=1S/C13H21BrN2O5S/c1-19-7-6-15-4-5-16-22(17,18)13-9-12(21-3)11(20-2)8-10(13)14/h8-9,15-16H,4-7H2,1-3H3. The molecule has 7 nitrogen and oxygen atoms in total. The molecule has 126 valence electrons. The number of hydrogen-bond acceptors (Lipinski definition) is 6. The third kappa shape index (κ3) is 5.40. The van der Waals surface area contributed by atoms with Gasteiger partial charge in [0.15, 0.2) is 11.5 Å². The van der Waals surface area contributed by atoms with Crippen LogP contribution in [0.15, 0.2) is 21.5 Å². The van der Waals surface area contributed by atoms with Crippen molar-refractivity contribution in [2.75, 3.05) is 47.6 Å². The van der Waals surface area contributed by atoms with Gasteiger partial charge >= 0.3 is 0 Å². The van der Waals surface area contributed by atoms with E-state index in [0.717, 1.165) is 0 Å². The van der Waals surface area contributed by atoms with Gasteiger partial charge in [0, 0.05) is 37.3 Å². The van der Waals surface area contributed by atoms with Crippen LogP contribution in [-0.4, -0.2) is 56.0 Å². The lowest BCUT2D eigenvalue weighted by Crippen LogP contribution is -2.33. The lowest BCUT2D eigenvalue weighted by Gasteiger charge is -2.13. The van der Waals surface area contributed by atoms with Gasteiger partial charge in [0.05, 0.1) is 20.8 Å². The summed E-state index contributed by atoms with van der Waals surface area (Å²) in [5.74, 6) is 0.804. The van der Waals surface area contributed by atoms with Crippen LogP contribution in [-0.2, 0) is 14.8 Å². The Morgan fingerprint density at radius 1 is 1.05 bits per heavy atom. The van der Waals surface area contributed by atoms with Crippen molar-refractivity contribution < 1.29 is 22.6 Å². The molecule has 22 heavy (non-hydrogen) atoms. The van der Waals surface area contributed by atoms with Crippen LogP contribution in [0.1, 0.15) is 0 Å². The van der Waals surface area contributed by atoms with Crippen LogP contribution in [0.4, 0.5) is 0 Å². The molecule has 2 N–H and O–H groups in total. The van der Waals surface area contributed by atoms with Crippen molar-refractivity contribution in [3.8, 4) is 11.5 Å². The molecule has 0 atom stereocenters. The maximum atomic E-state index is 12.3. The third-order valence-electron chi connectivity index (χ3n) is 2.80. The molecule has 0 radical (unpaired) electrons. The van der Waals surface area contributed by atoms with Crippen molar-refractivity contribution in [1.29, 1.82) is 0 Å². The highest BCUT2D eigenvalue weighted by molar-refractivity contribution is 9.10. The summed E-state index contributed by atoms with van der Waals surface area (Å²) < 4.78 is 42.7. The Morgan fingerprint density at radius 3 is 2.27 bits per heavy atom. The van der Waals surface area contributed by atoms with E-state index in [0.29, 0.717) is 35.7 Å². The van der Waals surface area contributed by atoms with Gasteiger partial charge < -0.3 is 19.5 Å². The second-order valence-corrected chi connectivity index (χ2v) is 6.87. The summed E-state index contributed by atoms with van der Waals surface area (Å²) in [6.07, 6.45) is 0. The zero-order valence-corrected chi connectivity index (χ0v) is 15.2. The number of sulfonamides is 1. The fourth-order valence-corrected chi connectivity index (χ4v) is 3.76. The monoisotopic (exact) mass is 396 g/mol. The molecule has 0 aliphatic heterocycles. The van der Waals surface area contributed by atoms with Crippen molar-refractivity contribution in [3.63, 3.8) is 0 Å². The largest absolute Gasteiger partial charge is 0.493 e. The van der Waals surface area contributed by atoms with Gasteiger partial charge in [-0.15, -0.1) is 0 Å². The van der Waals surface area contributed by atoms with E-state index in [1.807, 2.05) is 0 Å². The van der Waals surface area contributed by atoms with Gasteiger partial charge in [0.1, 0.15) is 4.90 Å². The third-order valence-corrected chi connectivity index (χ3v) is 5.22. The van der Waals surface area contributed by atoms with Crippen LogP contribution in [0.2, 0.25) is 0 Å². The summed E-state index contributed by atoms with van der Waals surface area (Å²) in [5.41, 5.74) is 0. The molecule has 0 heterocycles. The van der Waals surface area contributed by atoms with E-state index in [2.05, 4.69) is 26.0 Å². The Labute approximate surface area is 139 Å². The van der Waals surface area contributed by atoms with Gasteiger partial charge in [-0.1, -0.05) is 0 Å². The molecule has 0 unspecified atom stereocenters. The van der Waals surface area contributed by atoms with Crippen molar-refractivity contribution in [1.82, 2.24) is 10.0 Å². The topological polar surface area (TPSA) is 85.9 Å². The van der Waals surface area contributed by atoms with Crippen LogP contribution in [0, 0.1) is 0 Å². The normalized spacial score (nSPS) is 11.5. The number of halogens is 1. The summed E-state index contributed by atoms with van der Waals surface area (Å²) in [7, 11) is 0.907. The second kappa shape index (κ2) is 9.31. The zero-order valence-electron chi connectivity index (χ0n) is 12.8. The number of benzene rings is 1. The highest BCUT2D eigenvalue weighted by Crippen LogP contribution is 2.35. The van der Waals surface area contributed by atoms with Crippen molar-refractivity contribution in [2.24, 2.45) is 0 Å². The predicted molar refractivity (Wildman–Crippen MR) is 87.2 cm³/mol. The maximum Gasteiger partial charge on any atom is 0.241 e. The van der Waals surface area contributed by atoms with E-state index in [9.17, 15) is 8.42 Å². The lowest BCUT2D eigenvalue weighted by atomic mass is 10.3. The molecule has 0 aromatic heterocycles. The van der Waals surface area contributed by atoms with Gasteiger partial charge in [-0.2, -0.15) is 0 Å². The molecule has 0 bridgehead atoms. The molecule has 0 saturated carbocycles. The van der Waals surface area contributed by atoms with Gasteiger partial charge in [0.25, 0.3) is 0 Å². The summed E-state index contributed by atoms with van der Waals surface area (Å²) in [5, 5.41) is 3.06. The number of methoxy groups -OCH3 is 3. The average molecular weight is 397 g/mol. The van der Waals surface area contributed by atoms with E-state index < -0.39 is 10.0 Å². The highest BCUT2D eigenvalue weighted by atomic mass is 79.9. The molecular weight excluding hydrogens is 376 g/mol. The first-order valence-corrected chi connectivity index (χ1v) is 8.84. The van der Waals surface area contributed by atoms with Crippen LogP contribution in [0.3, 0.4) is 0 Å². The minimum absolute atomic E-state index is 0.0991. The van der Waals surface area contributed by atoms with Crippen molar-refractivity contribution in [2.45, 2.75) is 4.90 Å². The number of rotatable bonds is 10. The van der Waals surface area contributed by atoms with Crippen LogP contribution in [0.25, 0.3) is 0 Å². The summed E-state index contributed by atoms with van der Waals surface area (Å²) >= 11 is 3.24.